The zero-order valence-electron chi connectivity index (χ0n) is 17.4. The first-order chi connectivity index (χ1) is 15.5. The maximum absolute atomic E-state index is 14.7. The zero-order valence-corrected chi connectivity index (χ0v) is 18.3. The monoisotopic (exact) mass is 457 g/mol. The average molecular weight is 458 g/mol. The summed E-state index contributed by atoms with van der Waals surface area (Å²) in [6, 6.07) is 6.62. The van der Waals surface area contributed by atoms with Gasteiger partial charge in [-0.1, -0.05) is 11.8 Å². The number of amidine groups is 1. The number of thiol groups is 1. The van der Waals surface area contributed by atoms with Crippen LogP contribution in [0.3, 0.4) is 0 Å². The zero-order chi connectivity index (χ0) is 22.7. The van der Waals surface area contributed by atoms with Crippen LogP contribution in [0.2, 0.25) is 0 Å². The van der Waals surface area contributed by atoms with E-state index >= 15 is 0 Å². The lowest BCUT2D eigenvalue weighted by molar-refractivity contribution is 0.368. The molecule has 4 atom stereocenters. The first-order valence-corrected chi connectivity index (χ1v) is 11.6. The summed E-state index contributed by atoms with van der Waals surface area (Å²) in [7, 11) is -1.47. The Morgan fingerprint density at radius 2 is 2.09 bits per heavy atom. The molecule has 2 aliphatic rings. The van der Waals surface area contributed by atoms with Crippen molar-refractivity contribution in [2.45, 2.75) is 24.1 Å². The number of nitrogens with zero attached hydrogens (tertiary/aromatic N) is 2. The van der Waals surface area contributed by atoms with Gasteiger partial charge in [-0.05, 0) is 49.6 Å². The van der Waals surface area contributed by atoms with Crippen LogP contribution in [0.5, 0.6) is 5.75 Å². The van der Waals surface area contributed by atoms with Crippen LogP contribution < -0.4 is 10.5 Å². The number of hydrogen-bond acceptors (Lipinski definition) is 4. The van der Waals surface area contributed by atoms with E-state index in [0.717, 1.165) is 0 Å². The minimum atomic E-state index is -1.47. The highest BCUT2D eigenvalue weighted by atomic mass is 32.2. The number of aromatic nitrogens is 1. The highest BCUT2D eigenvalue weighted by molar-refractivity contribution is 8.31. The van der Waals surface area contributed by atoms with E-state index < -0.39 is 40.2 Å². The molecule has 2 N–H and O–H groups in total. The number of alkyl halides is 2. The predicted octanol–water partition coefficient (Wildman–Crippen LogP) is 4.05. The largest absolute Gasteiger partial charge is 0.479 e. The topological polar surface area (TPSA) is 60.5 Å². The Labute approximate surface area is 187 Å². The van der Waals surface area contributed by atoms with Crippen LogP contribution in [-0.2, 0) is 0 Å². The molecule has 166 valence electrons. The van der Waals surface area contributed by atoms with E-state index in [1.165, 1.54) is 6.07 Å². The number of hydrogen-bond donors (Lipinski definition) is 2. The molecule has 0 radical (unpaired) electrons. The van der Waals surface area contributed by atoms with Gasteiger partial charge in [0.15, 0.2) is 0 Å². The predicted molar refractivity (Wildman–Crippen MR) is 122 cm³/mol. The van der Waals surface area contributed by atoms with Gasteiger partial charge in [-0.3, -0.25) is 4.99 Å². The Balaban J connectivity index is 1.56. The molecule has 0 amide bonds. The van der Waals surface area contributed by atoms with Crippen LogP contribution in [0.25, 0.3) is 0 Å². The van der Waals surface area contributed by atoms with Gasteiger partial charge < -0.3 is 10.5 Å². The molecule has 8 heteroatoms. The van der Waals surface area contributed by atoms with Crippen molar-refractivity contribution in [2.75, 3.05) is 19.3 Å². The van der Waals surface area contributed by atoms with Crippen molar-refractivity contribution in [3.8, 4) is 29.4 Å². The highest BCUT2D eigenvalue weighted by Crippen LogP contribution is 2.69. The van der Waals surface area contributed by atoms with Gasteiger partial charge in [0.05, 0.1) is 12.2 Å². The Kier molecular flexibility index (Phi) is 6.34. The van der Waals surface area contributed by atoms with E-state index in [2.05, 4.69) is 33.7 Å². The molecule has 32 heavy (non-hydrogen) atoms. The van der Waals surface area contributed by atoms with Crippen molar-refractivity contribution < 1.29 is 17.9 Å². The number of halogens is 3. The minimum absolute atomic E-state index is 0.117. The molecule has 1 unspecified atom stereocenters. The van der Waals surface area contributed by atoms with Gasteiger partial charge in [0.1, 0.15) is 41.7 Å². The van der Waals surface area contributed by atoms with Gasteiger partial charge in [-0.25, -0.2) is 18.2 Å². The first kappa shape index (κ1) is 22.1. The molecule has 1 aliphatic carbocycles. The standard InChI is InChI=1S/C24H22F3N3OS/c1-2-3-10-31-18-8-7-17(29-13-18)6-4-16-5-9-21(27)19(11-16)22-20-12-24(20,14-25)32(15-26)23(28)30-22/h5,7-9,11,13,20,22,32H,10,12,14-15H2,1H3,(H2,28,30)/t20-,22+,24+/m0/s1. The minimum Gasteiger partial charge on any atom is -0.479 e. The fourth-order valence-electron chi connectivity index (χ4n) is 3.98. The van der Waals surface area contributed by atoms with Crippen molar-refractivity contribution >= 4 is 16.1 Å². The summed E-state index contributed by atoms with van der Waals surface area (Å²) >= 11 is 0. The Morgan fingerprint density at radius 3 is 2.78 bits per heavy atom. The summed E-state index contributed by atoms with van der Waals surface area (Å²) in [5, 5.41) is 0.117. The van der Waals surface area contributed by atoms with Crippen LogP contribution >= 0.6 is 10.9 Å². The first-order valence-electron chi connectivity index (χ1n) is 10.0. The Bertz CT molecular complexity index is 1160. The molecule has 1 aromatic carbocycles. The number of fused-ring (bicyclic) bond motifs is 1. The van der Waals surface area contributed by atoms with Crippen LogP contribution in [0.15, 0.2) is 41.5 Å². The van der Waals surface area contributed by atoms with Crippen LogP contribution in [0.1, 0.15) is 36.2 Å². The Morgan fingerprint density at radius 1 is 1.25 bits per heavy atom. The maximum atomic E-state index is 14.7. The van der Waals surface area contributed by atoms with Crippen LogP contribution in [0, 0.1) is 35.4 Å². The molecule has 0 spiro atoms. The number of nitrogens with two attached hydrogens (primary N) is 1. The van der Waals surface area contributed by atoms with E-state index in [1.807, 2.05) is 0 Å². The molecular weight excluding hydrogens is 435 g/mol. The molecule has 1 aliphatic heterocycles. The van der Waals surface area contributed by atoms with E-state index in [0.29, 0.717) is 29.0 Å². The lowest BCUT2D eigenvalue weighted by Gasteiger charge is -2.33. The summed E-state index contributed by atoms with van der Waals surface area (Å²) in [5.74, 6) is 11.3. The molecule has 1 fully saturated rings. The fraction of sp³-hybridized carbons (Fsp3) is 0.333. The average Bonchev–Trinajstić information content (AvgIpc) is 3.55. The lowest BCUT2D eigenvalue weighted by atomic mass is 9.98. The molecule has 4 nitrogen and oxygen atoms in total. The number of benzene rings is 1. The molecule has 2 heterocycles. The second-order valence-electron chi connectivity index (χ2n) is 7.61. The van der Waals surface area contributed by atoms with E-state index in [4.69, 9.17) is 10.5 Å². The van der Waals surface area contributed by atoms with E-state index in [9.17, 15) is 13.2 Å². The van der Waals surface area contributed by atoms with Gasteiger partial charge in [-0.15, -0.1) is 5.92 Å². The normalized spacial score (nSPS) is 26.5. The molecule has 2 aromatic rings. The molecule has 4 rings (SSSR count). The number of aliphatic imine (C=N–C) groups is 1. The van der Waals surface area contributed by atoms with Gasteiger partial charge in [-0.2, -0.15) is 10.9 Å². The summed E-state index contributed by atoms with van der Waals surface area (Å²) in [5.41, 5.74) is 7.37. The maximum Gasteiger partial charge on any atom is 0.149 e. The van der Waals surface area contributed by atoms with E-state index in [-0.39, 0.29) is 17.7 Å². The molecule has 0 saturated heterocycles. The lowest BCUT2D eigenvalue weighted by Crippen LogP contribution is -2.32. The number of rotatable bonds is 5. The van der Waals surface area contributed by atoms with Crippen molar-refractivity contribution in [3.63, 3.8) is 0 Å². The number of ether oxygens (including phenoxy) is 1. The fourth-order valence-corrected chi connectivity index (χ4v) is 6.16. The summed E-state index contributed by atoms with van der Waals surface area (Å²) in [6.07, 6.45) is 2.02. The third-order valence-electron chi connectivity index (χ3n) is 5.79. The smallest absolute Gasteiger partial charge is 0.149 e. The summed E-state index contributed by atoms with van der Waals surface area (Å²) in [4.78, 5) is 8.61. The summed E-state index contributed by atoms with van der Waals surface area (Å²) < 4.78 is 46.5. The highest BCUT2D eigenvalue weighted by Gasteiger charge is 2.64. The van der Waals surface area contributed by atoms with Gasteiger partial charge >= 0.3 is 0 Å². The molecule has 1 aromatic heterocycles. The third kappa shape index (κ3) is 4.16. The van der Waals surface area contributed by atoms with E-state index in [1.54, 1.807) is 37.4 Å². The third-order valence-corrected chi connectivity index (χ3v) is 8.41. The molecular formula is C24H22F3N3OS. The van der Waals surface area contributed by atoms with Crippen LogP contribution in [-0.4, -0.2) is 34.2 Å². The number of pyridine rings is 1. The summed E-state index contributed by atoms with van der Waals surface area (Å²) in [6.45, 7) is 1.35. The van der Waals surface area contributed by atoms with Gasteiger partial charge in [0.25, 0.3) is 0 Å². The SMILES string of the molecule is CC#CCOc1ccc(C#Cc2ccc(F)c([C@H]3N=C(N)[SH](CF)[C@@]4(CF)C[C@@H]34)c2)nc1. The van der Waals surface area contributed by atoms with Gasteiger partial charge in [0, 0.05) is 21.8 Å². The van der Waals surface area contributed by atoms with Crippen molar-refractivity contribution in [1.82, 2.24) is 4.98 Å². The van der Waals surface area contributed by atoms with Crippen molar-refractivity contribution in [2.24, 2.45) is 16.6 Å². The van der Waals surface area contributed by atoms with Crippen LogP contribution in [0.4, 0.5) is 13.2 Å². The van der Waals surface area contributed by atoms with Gasteiger partial charge in [0.2, 0.25) is 0 Å². The van der Waals surface area contributed by atoms with Crippen molar-refractivity contribution in [3.05, 3.63) is 59.2 Å². The second kappa shape index (κ2) is 9.18. The molecule has 0 bridgehead atoms. The molecule has 1 saturated carbocycles. The van der Waals surface area contributed by atoms with Crippen molar-refractivity contribution in [1.29, 1.82) is 0 Å². The Hall–Kier alpha value is -3.10. The second-order valence-corrected chi connectivity index (χ2v) is 10.1. The quantitative estimate of drug-likeness (QED) is 0.526.